The Bertz CT molecular complexity index is 1070. The SMILES string of the molecule is CC(C)(CNC(=O)OCC1c2ccccc2-c2ccccc21)CC(=O)N1CCC(C)(C(=O)O)CC1. The molecule has 4 rings (SSSR count). The van der Waals surface area contributed by atoms with Gasteiger partial charge in [-0.25, -0.2) is 4.79 Å². The van der Waals surface area contributed by atoms with E-state index >= 15 is 0 Å². The van der Waals surface area contributed by atoms with Crippen molar-refractivity contribution in [2.75, 3.05) is 26.2 Å². The van der Waals surface area contributed by atoms with Crippen LogP contribution in [0.5, 0.6) is 0 Å². The molecule has 0 atom stereocenters. The Morgan fingerprint density at radius 2 is 1.57 bits per heavy atom. The minimum Gasteiger partial charge on any atom is -0.481 e. The van der Waals surface area contributed by atoms with Gasteiger partial charge in [-0.15, -0.1) is 0 Å². The van der Waals surface area contributed by atoms with E-state index in [1.54, 1.807) is 11.8 Å². The Labute approximate surface area is 206 Å². The number of alkyl carbamates (subject to hydrolysis) is 1. The summed E-state index contributed by atoms with van der Waals surface area (Å²) in [6.07, 6.45) is 0.669. The molecule has 0 unspecified atom stereocenters. The number of carbonyl (C=O) groups excluding carboxylic acids is 2. The fourth-order valence-electron chi connectivity index (χ4n) is 5.01. The Kier molecular flexibility index (Phi) is 6.88. The summed E-state index contributed by atoms with van der Waals surface area (Å²) >= 11 is 0. The summed E-state index contributed by atoms with van der Waals surface area (Å²) in [5.41, 5.74) is 3.45. The standard InChI is InChI=1S/C28H34N2O5/c1-27(2,16-24(31)30-14-12-28(3,13-15-30)25(32)33)18-29-26(34)35-17-23-21-10-6-4-8-19(21)20-9-5-7-11-22(20)23/h4-11,23H,12-18H2,1-3H3,(H,29,34)(H,32,33). The number of piperidine rings is 1. The summed E-state index contributed by atoms with van der Waals surface area (Å²) in [6.45, 7) is 7.03. The van der Waals surface area contributed by atoms with Crippen LogP contribution >= 0.6 is 0 Å². The number of hydrogen-bond acceptors (Lipinski definition) is 4. The number of nitrogens with one attached hydrogen (secondary N) is 1. The first-order valence-electron chi connectivity index (χ1n) is 12.2. The zero-order chi connectivity index (χ0) is 25.2. The molecular formula is C28H34N2O5. The number of likely N-dealkylation sites (tertiary alicyclic amines) is 1. The Morgan fingerprint density at radius 1 is 1.03 bits per heavy atom. The zero-order valence-corrected chi connectivity index (χ0v) is 20.7. The number of amides is 2. The van der Waals surface area contributed by atoms with Crippen LogP contribution in [0.4, 0.5) is 4.79 Å². The van der Waals surface area contributed by atoms with Crippen molar-refractivity contribution in [3.63, 3.8) is 0 Å². The van der Waals surface area contributed by atoms with E-state index in [0.717, 1.165) is 11.1 Å². The molecule has 2 aromatic rings. The topological polar surface area (TPSA) is 95.9 Å². The fourth-order valence-corrected chi connectivity index (χ4v) is 5.01. The lowest BCUT2D eigenvalue weighted by atomic mass is 9.80. The Hall–Kier alpha value is -3.35. The summed E-state index contributed by atoms with van der Waals surface area (Å²) in [5, 5.41) is 12.2. The molecule has 186 valence electrons. The fraction of sp³-hybridized carbons (Fsp3) is 0.464. The first-order chi connectivity index (χ1) is 16.6. The van der Waals surface area contributed by atoms with Gasteiger partial charge < -0.3 is 20.1 Å². The van der Waals surface area contributed by atoms with Gasteiger partial charge in [-0.2, -0.15) is 0 Å². The molecule has 7 heteroatoms. The Morgan fingerprint density at radius 3 is 2.11 bits per heavy atom. The van der Waals surface area contributed by atoms with E-state index in [2.05, 4.69) is 29.6 Å². The second-order valence-electron chi connectivity index (χ2n) is 10.8. The van der Waals surface area contributed by atoms with Gasteiger partial charge in [-0.05, 0) is 47.4 Å². The van der Waals surface area contributed by atoms with Crippen molar-refractivity contribution in [2.24, 2.45) is 10.8 Å². The molecule has 2 N–H and O–H groups in total. The van der Waals surface area contributed by atoms with Crippen LogP contribution in [0, 0.1) is 10.8 Å². The maximum absolute atomic E-state index is 12.8. The van der Waals surface area contributed by atoms with E-state index in [4.69, 9.17) is 4.74 Å². The largest absolute Gasteiger partial charge is 0.481 e. The summed E-state index contributed by atoms with van der Waals surface area (Å²) < 4.78 is 5.60. The van der Waals surface area contributed by atoms with Gasteiger partial charge in [0.2, 0.25) is 5.91 Å². The van der Waals surface area contributed by atoms with Crippen molar-refractivity contribution in [3.8, 4) is 11.1 Å². The van der Waals surface area contributed by atoms with Crippen molar-refractivity contribution < 1.29 is 24.2 Å². The highest BCUT2D eigenvalue weighted by Crippen LogP contribution is 2.44. The van der Waals surface area contributed by atoms with Gasteiger partial charge in [0.25, 0.3) is 0 Å². The molecule has 2 aromatic carbocycles. The average molecular weight is 479 g/mol. The predicted octanol–water partition coefficient (Wildman–Crippen LogP) is 4.65. The number of aliphatic carboxylic acids is 1. The van der Waals surface area contributed by atoms with Crippen LogP contribution in [0.1, 0.15) is 57.1 Å². The van der Waals surface area contributed by atoms with Crippen molar-refractivity contribution in [2.45, 2.75) is 46.0 Å². The molecule has 7 nitrogen and oxygen atoms in total. The molecule has 2 amide bonds. The van der Waals surface area contributed by atoms with Gasteiger partial charge in [0.15, 0.2) is 0 Å². The number of benzene rings is 2. The molecule has 1 fully saturated rings. The molecule has 0 spiro atoms. The van der Waals surface area contributed by atoms with Crippen LogP contribution in [-0.2, 0) is 14.3 Å². The van der Waals surface area contributed by atoms with E-state index in [-0.39, 0.29) is 24.9 Å². The lowest BCUT2D eigenvalue weighted by molar-refractivity contribution is -0.153. The normalized spacial score (nSPS) is 16.8. The lowest BCUT2D eigenvalue weighted by Crippen LogP contribution is -2.47. The molecule has 2 aliphatic rings. The van der Waals surface area contributed by atoms with Crippen LogP contribution in [0.15, 0.2) is 48.5 Å². The molecular weight excluding hydrogens is 444 g/mol. The van der Waals surface area contributed by atoms with Gasteiger partial charge in [0, 0.05) is 32.0 Å². The van der Waals surface area contributed by atoms with Crippen LogP contribution in [0.3, 0.4) is 0 Å². The third-order valence-corrected chi connectivity index (χ3v) is 7.42. The van der Waals surface area contributed by atoms with Crippen molar-refractivity contribution in [3.05, 3.63) is 59.7 Å². The number of rotatable bonds is 7. The van der Waals surface area contributed by atoms with Crippen molar-refractivity contribution in [1.29, 1.82) is 0 Å². The van der Waals surface area contributed by atoms with Crippen LogP contribution in [0.2, 0.25) is 0 Å². The quantitative estimate of drug-likeness (QED) is 0.604. The van der Waals surface area contributed by atoms with Crippen molar-refractivity contribution in [1.82, 2.24) is 10.2 Å². The molecule has 1 heterocycles. The second kappa shape index (κ2) is 9.72. The maximum Gasteiger partial charge on any atom is 0.407 e. The summed E-state index contributed by atoms with van der Waals surface area (Å²) in [7, 11) is 0. The molecule has 1 saturated heterocycles. The molecule has 35 heavy (non-hydrogen) atoms. The third kappa shape index (κ3) is 5.34. The van der Waals surface area contributed by atoms with Gasteiger partial charge in [0.05, 0.1) is 5.41 Å². The number of carbonyl (C=O) groups is 3. The average Bonchev–Trinajstić information content (AvgIpc) is 3.15. The van der Waals surface area contributed by atoms with Crippen LogP contribution in [0.25, 0.3) is 11.1 Å². The summed E-state index contributed by atoms with van der Waals surface area (Å²) in [4.78, 5) is 38.5. The maximum atomic E-state index is 12.8. The smallest absolute Gasteiger partial charge is 0.407 e. The van der Waals surface area contributed by atoms with Gasteiger partial charge >= 0.3 is 12.1 Å². The van der Waals surface area contributed by atoms with Gasteiger partial charge in [0.1, 0.15) is 6.61 Å². The van der Waals surface area contributed by atoms with Gasteiger partial charge in [-0.1, -0.05) is 62.4 Å². The summed E-state index contributed by atoms with van der Waals surface area (Å²) in [5.74, 6) is -0.827. The molecule has 1 aliphatic carbocycles. The highest BCUT2D eigenvalue weighted by atomic mass is 16.5. The number of hydrogen-bond donors (Lipinski definition) is 2. The summed E-state index contributed by atoms with van der Waals surface area (Å²) in [6, 6.07) is 16.4. The van der Waals surface area contributed by atoms with E-state index in [0.29, 0.717) is 32.5 Å². The number of carboxylic acids is 1. The highest BCUT2D eigenvalue weighted by Gasteiger charge is 2.39. The van der Waals surface area contributed by atoms with E-state index in [1.807, 2.05) is 38.1 Å². The lowest BCUT2D eigenvalue weighted by Gasteiger charge is -2.37. The molecule has 1 aliphatic heterocycles. The van der Waals surface area contributed by atoms with E-state index in [9.17, 15) is 19.5 Å². The molecule has 0 saturated carbocycles. The second-order valence-corrected chi connectivity index (χ2v) is 10.8. The van der Waals surface area contributed by atoms with Crippen LogP contribution in [-0.4, -0.2) is 54.2 Å². The first-order valence-corrected chi connectivity index (χ1v) is 12.2. The number of ether oxygens (including phenoxy) is 1. The number of nitrogens with zero attached hydrogens (tertiary/aromatic N) is 1. The van der Waals surface area contributed by atoms with E-state index in [1.165, 1.54) is 11.1 Å². The zero-order valence-electron chi connectivity index (χ0n) is 20.7. The molecule has 0 bridgehead atoms. The monoisotopic (exact) mass is 478 g/mol. The minimum atomic E-state index is -0.808. The third-order valence-electron chi connectivity index (χ3n) is 7.42. The van der Waals surface area contributed by atoms with Crippen molar-refractivity contribution >= 4 is 18.0 Å². The highest BCUT2D eigenvalue weighted by molar-refractivity contribution is 5.80. The molecule has 0 radical (unpaired) electrons. The molecule has 0 aromatic heterocycles. The number of fused-ring (bicyclic) bond motifs is 3. The van der Waals surface area contributed by atoms with E-state index < -0.39 is 22.9 Å². The number of carboxylic acid groups (broad SMARTS) is 1. The van der Waals surface area contributed by atoms with Gasteiger partial charge in [-0.3, -0.25) is 9.59 Å². The van der Waals surface area contributed by atoms with Crippen LogP contribution < -0.4 is 5.32 Å². The Balaban J connectivity index is 1.27. The minimum absolute atomic E-state index is 0.00155. The predicted molar refractivity (Wildman–Crippen MR) is 133 cm³/mol. The first kappa shape index (κ1) is 24.8.